The highest BCUT2D eigenvalue weighted by molar-refractivity contribution is 9.10. The molecule has 0 atom stereocenters. The lowest BCUT2D eigenvalue weighted by atomic mass is 10.2. The molecule has 1 aromatic rings. The maximum absolute atomic E-state index is 12.0. The minimum absolute atomic E-state index is 0.0301. The number of aliphatic carboxylic acids is 1. The fourth-order valence-electron chi connectivity index (χ4n) is 1.28. The molecule has 1 rings (SSSR count). The molecule has 0 aliphatic heterocycles. The molecule has 0 fully saturated rings. The third-order valence-electron chi connectivity index (χ3n) is 1.97. The van der Waals surface area contributed by atoms with Gasteiger partial charge in [0.2, 0.25) is 0 Å². The average molecular weight is 296 g/mol. The third-order valence-corrected chi connectivity index (χ3v) is 2.46. The number of carboxylic acid groups (broad SMARTS) is 1. The van der Waals surface area contributed by atoms with Gasteiger partial charge in [-0.15, -0.1) is 6.42 Å². The Hall–Kier alpha value is -1.80. The fraction of sp³-hybridized carbons (Fsp3) is 0.167. The normalized spacial score (nSPS) is 9.41. The van der Waals surface area contributed by atoms with E-state index >= 15 is 0 Å². The highest BCUT2D eigenvalue weighted by Gasteiger charge is 2.17. The van der Waals surface area contributed by atoms with E-state index < -0.39 is 18.4 Å². The second kappa shape index (κ2) is 6.06. The van der Waals surface area contributed by atoms with Crippen molar-refractivity contribution in [1.29, 1.82) is 0 Å². The van der Waals surface area contributed by atoms with Gasteiger partial charge in [0, 0.05) is 10.0 Å². The van der Waals surface area contributed by atoms with Crippen molar-refractivity contribution in [3.05, 3.63) is 34.3 Å². The number of hydrogen-bond donors (Lipinski definition) is 1. The van der Waals surface area contributed by atoms with E-state index in [1.165, 1.54) is 0 Å². The van der Waals surface area contributed by atoms with E-state index in [0.29, 0.717) is 5.56 Å². The Morgan fingerprint density at radius 3 is 2.71 bits per heavy atom. The van der Waals surface area contributed by atoms with Crippen LogP contribution < -0.4 is 0 Å². The van der Waals surface area contributed by atoms with Gasteiger partial charge in [-0.2, -0.15) is 0 Å². The molecular weight excluding hydrogens is 286 g/mol. The van der Waals surface area contributed by atoms with Crippen LogP contribution in [0.4, 0.5) is 0 Å². The van der Waals surface area contributed by atoms with Crippen LogP contribution in [0.25, 0.3) is 0 Å². The molecule has 0 aliphatic rings. The third kappa shape index (κ3) is 3.93. The summed E-state index contributed by atoms with van der Waals surface area (Å²) in [5.74, 6) is 0.778. The Labute approximate surface area is 107 Å². The smallest absolute Gasteiger partial charge is 0.323 e. The van der Waals surface area contributed by atoms with Gasteiger partial charge in [-0.05, 0) is 18.2 Å². The minimum atomic E-state index is -1.09. The predicted octanol–water partition coefficient (Wildman–Crippen LogP) is 1.61. The van der Waals surface area contributed by atoms with Crippen LogP contribution in [0.5, 0.6) is 0 Å². The number of carbonyl (C=O) groups is 2. The minimum Gasteiger partial charge on any atom is -0.480 e. The van der Waals surface area contributed by atoms with Gasteiger partial charge in [0.15, 0.2) is 0 Å². The maximum atomic E-state index is 12.0. The first-order valence-corrected chi connectivity index (χ1v) is 5.54. The summed E-state index contributed by atoms with van der Waals surface area (Å²) in [6.07, 6.45) is 5.10. The van der Waals surface area contributed by atoms with Crippen molar-refractivity contribution >= 4 is 27.8 Å². The Bertz CT molecular complexity index is 479. The van der Waals surface area contributed by atoms with Crippen molar-refractivity contribution < 1.29 is 14.7 Å². The summed E-state index contributed by atoms with van der Waals surface area (Å²) in [6, 6.07) is 6.71. The van der Waals surface area contributed by atoms with Crippen molar-refractivity contribution in [2.75, 3.05) is 13.1 Å². The van der Waals surface area contributed by atoms with Gasteiger partial charge in [-0.25, -0.2) is 0 Å². The topological polar surface area (TPSA) is 57.6 Å². The SMILES string of the molecule is C#CCN(CC(=O)O)C(=O)c1cccc(Br)c1. The van der Waals surface area contributed by atoms with Crippen LogP contribution in [0, 0.1) is 12.3 Å². The molecule has 5 heteroatoms. The number of hydrogen-bond acceptors (Lipinski definition) is 2. The van der Waals surface area contributed by atoms with Crippen LogP contribution >= 0.6 is 15.9 Å². The first-order valence-electron chi connectivity index (χ1n) is 4.74. The van der Waals surface area contributed by atoms with Crippen LogP contribution in [0.3, 0.4) is 0 Å². The molecule has 0 spiro atoms. The summed E-state index contributed by atoms with van der Waals surface area (Å²) in [5, 5.41) is 8.69. The number of carboxylic acids is 1. The van der Waals surface area contributed by atoms with E-state index in [-0.39, 0.29) is 6.54 Å². The second-order valence-electron chi connectivity index (χ2n) is 3.27. The molecule has 1 amide bonds. The first kappa shape index (κ1) is 13.3. The molecule has 0 heterocycles. The zero-order chi connectivity index (χ0) is 12.8. The quantitative estimate of drug-likeness (QED) is 0.859. The Kier molecular flexibility index (Phi) is 4.73. The van der Waals surface area contributed by atoms with Crippen LogP contribution in [-0.4, -0.2) is 35.0 Å². The lowest BCUT2D eigenvalue weighted by Crippen LogP contribution is -2.35. The Morgan fingerprint density at radius 1 is 1.47 bits per heavy atom. The lowest BCUT2D eigenvalue weighted by molar-refractivity contribution is -0.137. The van der Waals surface area contributed by atoms with Crippen molar-refractivity contribution in [1.82, 2.24) is 4.90 Å². The Morgan fingerprint density at radius 2 is 2.18 bits per heavy atom. The molecule has 4 nitrogen and oxygen atoms in total. The van der Waals surface area contributed by atoms with Gasteiger partial charge in [0.25, 0.3) is 5.91 Å². The van der Waals surface area contributed by atoms with Crippen LogP contribution in [0.1, 0.15) is 10.4 Å². The number of carbonyl (C=O) groups excluding carboxylic acids is 1. The zero-order valence-electron chi connectivity index (χ0n) is 8.89. The summed E-state index contributed by atoms with van der Waals surface area (Å²) >= 11 is 3.24. The van der Waals surface area contributed by atoms with Crippen molar-refractivity contribution in [3.63, 3.8) is 0 Å². The molecule has 1 aromatic carbocycles. The summed E-state index contributed by atoms with van der Waals surface area (Å²) in [5.41, 5.74) is 0.399. The molecule has 1 N–H and O–H groups in total. The van der Waals surface area contributed by atoms with Crippen LogP contribution in [0.15, 0.2) is 28.7 Å². The monoisotopic (exact) mass is 295 g/mol. The highest BCUT2D eigenvalue weighted by Crippen LogP contribution is 2.13. The van der Waals surface area contributed by atoms with E-state index in [0.717, 1.165) is 9.37 Å². The summed E-state index contributed by atoms with van der Waals surface area (Å²) in [6.45, 7) is -0.437. The molecule has 0 aromatic heterocycles. The molecule has 17 heavy (non-hydrogen) atoms. The summed E-state index contributed by atoms with van der Waals surface area (Å²) in [7, 11) is 0. The van der Waals surface area contributed by atoms with E-state index in [9.17, 15) is 9.59 Å². The molecule has 0 unspecified atom stereocenters. The van der Waals surface area contributed by atoms with Gasteiger partial charge < -0.3 is 10.0 Å². The standard InChI is InChI=1S/C12H10BrNO3/c1-2-6-14(8-11(15)16)12(17)9-4-3-5-10(13)7-9/h1,3-5,7H,6,8H2,(H,15,16). The van der Waals surface area contributed by atoms with Gasteiger partial charge in [0.1, 0.15) is 6.54 Å². The molecule has 0 bridgehead atoms. The van der Waals surface area contributed by atoms with E-state index in [1.807, 2.05) is 0 Å². The van der Waals surface area contributed by atoms with E-state index in [1.54, 1.807) is 24.3 Å². The molecular formula is C12H10BrNO3. The molecule has 0 saturated heterocycles. The summed E-state index contributed by atoms with van der Waals surface area (Å²) < 4.78 is 0.749. The van der Waals surface area contributed by atoms with Gasteiger partial charge >= 0.3 is 5.97 Å². The molecule has 88 valence electrons. The van der Waals surface area contributed by atoms with E-state index in [2.05, 4.69) is 21.9 Å². The maximum Gasteiger partial charge on any atom is 0.323 e. The van der Waals surface area contributed by atoms with Crippen molar-refractivity contribution in [2.24, 2.45) is 0 Å². The second-order valence-corrected chi connectivity index (χ2v) is 4.19. The number of amides is 1. The lowest BCUT2D eigenvalue weighted by Gasteiger charge is -2.17. The fourth-order valence-corrected chi connectivity index (χ4v) is 1.68. The number of terminal acetylenes is 1. The van der Waals surface area contributed by atoms with Gasteiger partial charge in [-0.1, -0.05) is 27.9 Å². The molecule has 0 aliphatic carbocycles. The predicted molar refractivity (Wildman–Crippen MR) is 66.5 cm³/mol. The highest BCUT2D eigenvalue weighted by atomic mass is 79.9. The van der Waals surface area contributed by atoms with Crippen molar-refractivity contribution in [3.8, 4) is 12.3 Å². The number of benzene rings is 1. The van der Waals surface area contributed by atoms with Crippen LogP contribution in [-0.2, 0) is 4.79 Å². The van der Waals surface area contributed by atoms with Gasteiger partial charge in [0.05, 0.1) is 6.54 Å². The Balaban J connectivity index is 2.92. The molecule has 0 radical (unpaired) electrons. The van der Waals surface area contributed by atoms with E-state index in [4.69, 9.17) is 11.5 Å². The number of rotatable bonds is 4. The largest absolute Gasteiger partial charge is 0.480 e. The zero-order valence-corrected chi connectivity index (χ0v) is 10.5. The number of halogens is 1. The van der Waals surface area contributed by atoms with Crippen molar-refractivity contribution in [2.45, 2.75) is 0 Å². The first-order chi connectivity index (χ1) is 8.04. The van der Waals surface area contributed by atoms with Gasteiger partial charge in [-0.3, -0.25) is 9.59 Å². The average Bonchev–Trinajstić information content (AvgIpc) is 2.27. The molecule has 0 saturated carbocycles. The number of nitrogens with zero attached hydrogens (tertiary/aromatic N) is 1. The van der Waals surface area contributed by atoms with Crippen LogP contribution in [0.2, 0.25) is 0 Å². The summed E-state index contributed by atoms with van der Waals surface area (Å²) in [4.78, 5) is 23.7.